The molecule has 1 aromatic heterocycles. The summed E-state index contributed by atoms with van der Waals surface area (Å²) < 4.78 is 27.7. The van der Waals surface area contributed by atoms with E-state index in [0.717, 1.165) is 11.3 Å². The molecule has 3 rings (SSSR count). The van der Waals surface area contributed by atoms with Crippen LogP contribution in [0.4, 0.5) is 5.13 Å². The minimum absolute atomic E-state index is 0.131. The number of anilines is 1. The first-order chi connectivity index (χ1) is 12.9. The summed E-state index contributed by atoms with van der Waals surface area (Å²) in [7, 11) is -3.76. The van der Waals surface area contributed by atoms with Gasteiger partial charge in [0.1, 0.15) is 0 Å². The van der Waals surface area contributed by atoms with Crippen LogP contribution >= 0.6 is 22.9 Å². The molecule has 0 spiro atoms. The van der Waals surface area contributed by atoms with Gasteiger partial charge in [-0.25, -0.2) is 13.4 Å². The second kappa shape index (κ2) is 8.39. The van der Waals surface area contributed by atoms with Gasteiger partial charge in [-0.1, -0.05) is 48.0 Å². The van der Waals surface area contributed by atoms with Crippen LogP contribution in [0.25, 0.3) is 0 Å². The summed E-state index contributed by atoms with van der Waals surface area (Å²) in [4.78, 5) is 4.45. The fourth-order valence-electron chi connectivity index (χ4n) is 2.64. The van der Waals surface area contributed by atoms with E-state index in [-0.39, 0.29) is 4.90 Å². The number of aromatic nitrogens is 1. The largest absolute Gasteiger partial charge is 0.388 e. The van der Waals surface area contributed by atoms with E-state index >= 15 is 0 Å². The Kier molecular flexibility index (Phi) is 6.16. The van der Waals surface area contributed by atoms with E-state index in [1.807, 2.05) is 30.3 Å². The molecule has 1 heterocycles. The Bertz CT molecular complexity index is 1020. The minimum Gasteiger partial charge on any atom is -0.388 e. The maximum absolute atomic E-state index is 12.6. The zero-order chi connectivity index (χ0) is 19.4. The number of rotatable bonds is 7. The van der Waals surface area contributed by atoms with Crippen molar-refractivity contribution in [3.05, 3.63) is 75.8 Å². The maximum atomic E-state index is 12.6. The van der Waals surface area contributed by atoms with E-state index in [1.165, 1.54) is 17.4 Å². The first kappa shape index (κ1) is 19.8. The Morgan fingerprint density at radius 3 is 2.67 bits per heavy atom. The number of nitrogens with zero attached hydrogens (tertiary/aromatic N) is 1. The molecule has 2 aromatic carbocycles. The second-order valence-corrected chi connectivity index (χ2v) is 8.99. The van der Waals surface area contributed by atoms with Crippen molar-refractivity contribution >= 4 is 38.1 Å². The molecular formula is C19H19ClN2O3S2. The average Bonchev–Trinajstić information content (AvgIpc) is 3.09. The number of aryl methyl sites for hydroxylation is 1. The molecule has 0 radical (unpaired) electrons. The van der Waals surface area contributed by atoms with Crippen molar-refractivity contribution in [2.45, 2.75) is 30.8 Å². The van der Waals surface area contributed by atoms with Crippen LogP contribution in [0.2, 0.25) is 5.02 Å². The predicted molar refractivity (Wildman–Crippen MR) is 109 cm³/mol. The van der Waals surface area contributed by atoms with Crippen LogP contribution in [-0.2, 0) is 16.4 Å². The maximum Gasteiger partial charge on any atom is 0.263 e. The number of nitrogens with one attached hydrogen (secondary N) is 1. The Labute approximate surface area is 167 Å². The van der Waals surface area contributed by atoms with Crippen LogP contribution in [0.1, 0.15) is 29.3 Å². The van der Waals surface area contributed by atoms with Crippen LogP contribution in [0.3, 0.4) is 0 Å². The van der Waals surface area contributed by atoms with Crippen molar-refractivity contribution in [3.63, 3.8) is 0 Å². The Hall–Kier alpha value is -1.93. The Balaban J connectivity index is 1.66. The van der Waals surface area contributed by atoms with Gasteiger partial charge in [0.05, 0.1) is 16.7 Å². The number of hydrogen-bond acceptors (Lipinski definition) is 5. The van der Waals surface area contributed by atoms with E-state index in [1.54, 1.807) is 24.4 Å². The number of benzene rings is 2. The van der Waals surface area contributed by atoms with Crippen LogP contribution in [-0.4, -0.2) is 18.5 Å². The first-order valence-electron chi connectivity index (χ1n) is 8.32. The van der Waals surface area contributed by atoms with Gasteiger partial charge < -0.3 is 5.11 Å². The quantitative estimate of drug-likeness (QED) is 0.584. The molecule has 0 fully saturated rings. The van der Waals surface area contributed by atoms with Gasteiger partial charge in [0.15, 0.2) is 5.13 Å². The molecule has 2 N–H and O–H groups in total. The number of hydrogen-bond donors (Lipinski definition) is 2. The standard InChI is InChI=1S/C19H19ClN2O3S2/c1-13-16(20)8-5-9-18(13)27(24,25)22-19-21-15(12-26-19)10-11-17(23)14-6-3-2-4-7-14/h2-9,12,17,23H,10-11H2,1H3,(H,21,22)/t17-/m0/s1. The third-order valence-corrected chi connectivity index (χ3v) is 6.97. The van der Waals surface area contributed by atoms with Gasteiger partial charge >= 0.3 is 0 Å². The third kappa shape index (κ3) is 4.87. The molecule has 0 aliphatic carbocycles. The van der Waals surface area contributed by atoms with E-state index in [0.29, 0.717) is 28.6 Å². The van der Waals surface area contributed by atoms with Crippen molar-refractivity contribution in [3.8, 4) is 0 Å². The van der Waals surface area contributed by atoms with Crippen LogP contribution < -0.4 is 4.72 Å². The predicted octanol–water partition coefficient (Wildman–Crippen LogP) is 4.57. The summed E-state index contributed by atoms with van der Waals surface area (Å²) in [5, 5.41) is 12.7. The van der Waals surface area contributed by atoms with Gasteiger partial charge in [-0.05, 0) is 43.0 Å². The molecule has 0 saturated carbocycles. The molecule has 0 aliphatic heterocycles. The summed E-state index contributed by atoms with van der Waals surface area (Å²) in [5.74, 6) is 0. The molecule has 5 nitrogen and oxygen atoms in total. The highest BCUT2D eigenvalue weighted by Crippen LogP contribution is 2.27. The van der Waals surface area contributed by atoms with Crippen molar-refractivity contribution in [2.75, 3.05) is 4.72 Å². The summed E-state index contributed by atoms with van der Waals surface area (Å²) in [5.41, 5.74) is 2.08. The van der Waals surface area contributed by atoms with E-state index < -0.39 is 16.1 Å². The van der Waals surface area contributed by atoms with Crippen molar-refractivity contribution < 1.29 is 13.5 Å². The topological polar surface area (TPSA) is 79.3 Å². The average molecular weight is 423 g/mol. The van der Waals surface area contributed by atoms with Crippen molar-refractivity contribution in [2.24, 2.45) is 0 Å². The van der Waals surface area contributed by atoms with Crippen LogP contribution in [0.15, 0.2) is 58.8 Å². The fraction of sp³-hybridized carbons (Fsp3) is 0.211. The summed E-state index contributed by atoms with van der Waals surface area (Å²) >= 11 is 7.23. The Morgan fingerprint density at radius 1 is 1.19 bits per heavy atom. The molecular weight excluding hydrogens is 404 g/mol. The lowest BCUT2D eigenvalue weighted by Gasteiger charge is -2.10. The highest BCUT2D eigenvalue weighted by atomic mass is 35.5. The number of thiazole rings is 1. The van der Waals surface area contributed by atoms with Gasteiger partial charge in [-0.3, -0.25) is 4.72 Å². The van der Waals surface area contributed by atoms with Crippen molar-refractivity contribution in [1.29, 1.82) is 0 Å². The smallest absolute Gasteiger partial charge is 0.263 e. The molecule has 142 valence electrons. The minimum atomic E-state index is -3.76. The lowest BCUT2D eigenvalue weighted by Crippen LogP contribution is -2.14. The van der Waals surface area contributed by atoms with Crippen LogP contribution in [0, 0.1) is 6.92 Å². The lowest BCUT2D eigenvalue weighted by molar-refractivity contribution is 0.167. The summed E-state index contributed by atoms with van der Waals surface area (Å²) in [6, 6.07) is 14.2. The Morgan fingerprint density at radius 2 is 1.93 bits per heavy atom. The van der Waals surface area contributed by atoms with Crippen LogP contribution in [0.5, 0.6) is 0 Å². The SMILES string of the molecule is Cc1c(Cl)cccc1S(=O)(=O)Nc1nc(CC[C@H](O)c2ccccc2)cs1. The molecule has 0 amide bonds. The summed E-state index contributed by atoms with van der Waals surface area (Å²) in [6.07, 6.45) is 0.472. The molecule has 0 aliphatic rings. The molecule has 1 atom stereocenters. The molecule has 27 heavy (non-hydrogen) atoms. The summed E-state index contributed by atoms with van der Waals surface area (Å²) in [6.45, 7) is 1.66. The molecule has 0 bridgehead atoms. The number of aliphatic hydroxyl groups excluding tert-OH is 1. The molecule has 3 aromatic rings. The zero-order valence-electron chi connectivity index (χ0n) is 14.6. The highest BCUT2D eigenvalue weighted by molar-refractivity contribution is 7.93. The zero-order valence-corrected chi connectivity index (χ0v) is 17.0. The van der Waals surface area contributed by atoms with Gasteiger partial charge in [0.25, 0.3) is 10.0 Å². The second-order valence-electron chi connectivity index (χ2n) is 6.08. The number of sulfonamides is 1. The van der Waals surface area contributed by atoms with Gasteiger partial charge in [-0.15, -0.1) is 11.3 Å². The monoisotopic (exact) mass is 422 g/mol. The molecule has 8 heteroatoms. The lowest BCUT2D eigenvalue weighted by atomic mass is 10.0. The van der Waals surface area contributed by atoms with E-state index in [9.17, 15) is 13.5 Å². The van der Waals surface area contributed by atoms with Crippen molar-refractivity contribution in [1.82, 2.24) is 4.98 Å². The molecule has 0 saturated heterocycles. The normalized spacial score (nSPS) is 12.7. The van der Waals surface area contributed by atoms with Gasteiger partial charge in [-0.2, -0.15) is 0 Å². The van der Waals surface area contributed by atoms with Gasteiger partial charge in [0, 0.05) is 10.4 Å². The number of aliphatic hydroxyl groups is 1. The third-order valence-electron chi connectivity index (χ3n) is 4.14. The molecule has 0 unspecified atom stereocenters. The first-order valence-corrected chi connectivity index (χ1v) is 11.1. The van der Waals surface area contributed by atoms with E-state index in [4.69, 9.17) is 11.6 Å². The fourth-order valence-corrected chi connectivity index (χ4v) is 5.14. The highest BCUT2D eigenvalue weighted by Gasteiger charge is 2.20. The van der Waals surface area contributed by atoms with E-state index in [2.05, 4.69) is 9.71 Å². The number of halogens is 1. The van der Waals surface area contributed by atoms with Gasteiger partial charge in [0.2, 0.25) is 0 Å².